The number of halogens is 1. The highest BCUT2D eigenvalue weighted by Gasteiger charge is 2.08. The van der Waals surface area contributed by atoms with E-state index in [0.29, 0.717) is 5.16 Å². The second kappa shape index (κ2) is 5.98. The molecule has 0 atom stereocenters. The van der Waals surface area contributed by atoms with Crippen molar-refractivity contribution < 1.29 is 0 Å². The lowest BCUT2D eigenvalue weighted by atomic mass is 10.2. The molecular formula is C10H11ClN6OS. The van der Waals surface area contributed by atoms with Gasteiger partial charge < -0.3 is 10.7 Å². The fraction of sp³-hybridized carbons (Fsp3) is 0.300. The Morgan fingerprint density at radius 2 is 2.16 bits per heavy atom. The third kappa shape index (κ3) is 3.90. The molecule has 0 unspecified atom stereocenters. The number of hydrogen-bond donors (Lipinski definition) is 2. The smallest absolute Gasteiger partial charge is 0.251 e. The number of aromatic amines is 1. The number of rotatable bonds is 4. The van der Waals surface area contributed by atoms with E-state index in [0.717, 1.165) is 30.3 Å². The Labute approximate surface area is 118 Å². The monoisotopic (exact) mass is 298 g/mol. The summed E-state index contributed by atoms with van der Waals surface area (Å²) in [7, 11) is 0. The number of nitrogens with two attached hydrogens (primary N) is 1. The van der Waals surface area contributed by atoms with Crippen LogP contribution in [0.2, 0.25) is 5.28 Å². The van der Waals surface area contributed by atoms with Crippen molar-refractivity contribution in [2.75, 3.05) is 5.73 Å². The van der Waals surface area contributed by atoms with Crippen LogP contribution in [-0.4, -0.2) is 24.9 Å². The molecule has 9 heteroatoms. The van der Waals surface area contributed by atoms with Crippen molar-refractivity contribution in [3.63, 3.8) is 0 Å². The maximum absolute atomic E-state index is 11.5. The van der Waals surface area contributed by atoms with Crippen LogP contribution in [0.1, 0.15) is 19.0 Å². The molecule has 0 aromatic carbocycles. The van der Waals surface area contributed by atoms with Crippen LogP contribution < -0.4 is 11.3 Å². The Morgan fingerprint density at radius 3 is 2.84 bits per heavy atom. The number of anilines is 1. The van der Waals surface area contributed by atoms with E-state index in [2.05, 4.69) is 24.9 Å². The van der Waals surface area contributed by atoms with Crippen LogP contribution >= 0.6 is 23.4 Å². The van der Waals surface area contributed by atoms with Gasteiger partial charge >= 0.3 is 0 Å². The normalized spacial score (nSPS) is 10.6. The van der Waals surface area contributed by atoms with Crippen LogP contribution in [0.3, 0.4) is 0 Å². The van der Waals surface area contributed by atoms with E-state index in [1.54, 1.807) is 0 Å². The van der Waals surface area contributed by atoms with Crippen molar-refractivity contribution in [2.24, 2.45) is 0 Å². The van der Waals surface area contributed by atoms with Gasteiger partial charge in [-0.15, -0.1) is 0 Å². The van der Waals surface area contributed by atoms with Crippen molar-refractivity contribution >= 4 is 29.3 Å². The van der Waals surface area contributed by atoms with E-state index >= 15 is 0 Å². The van der Waals surface area contributed by atoms with Crippen LogP contribution in [0, 0.1) is 0 Å². The van der Waals surface area contributed by atoms with Gasteiger partial charge in [0.25, 0.3) is 5.56 Å². The highest BCUT2D eigenvalue weighted by atomic mass is 35.5. The molecule has 2 aromatic heterocycles. The lowest BCUT2D eigenvalue weighted by Gasteiger charge is -2.02. The summed E-state index contributed by atoms with van der Waals surface area (Å²) in [5.74, 6) is 0.0227. The number of hydrogen-bond acceptors (Lipinski definition) is 7. The number of nitrogens with zero attached hydrogens (tertiary/aromatic N) is 4. The summed E-state index contributed by atoms with van der Waals surface area (Å²) >= 11 is 6.76. The highest BCUT2D eigenvalue weighted by molar-refractivity contribution is 7.99. The van der Waals surface area contributed by atoms with E-state index in [-0.39, 0.29) is 21.9 Å². The van der Waals surface area contributed by atoms with E-state index in [1.165, 1.54) is 6.07 Å². The molecule has 19 heavy (non-hydrogen) atoms. The van der Waals surface area contributed by atoms with Crippen LogP contribution in [0.25, 0.3) is 0 Å². The van der Waals surface area contributed by atoms with Gasteiger partial charge in [0, 0.05) is 11.8 Å². The highest BCUT2D eigenvalue weighted by Crippen LogP contribution is 2.21. The largest absolute Gasteiger partial charge is 0.368 e. The zero-order valence-corrected chi connectivity index (χ0v) is 11.6. The number of aromatic nitrogens is 5. The van der Waals surface area contributed by atoms with Gasteiger partial charge in [-0.2, -0.15) is 15.0 Å². The van der Waals surface area contributed by atoms with Crippen molar-refractivity contribution in [2.45, 2.75) is 30.1 Å². The van der Waals surface area contributed by atoms with Gasteiger partial charge in [-0.25, -0.2) is 4.98 Å². The molecule has 0 spiro atoms. The first-order valence-corrected chi connectivity index (χ1v) is 6.71. The van der Waals surface area contributed by atoms with Gasteiger partial charge in [-0.05, 0) is 29.8 Å². The van der Waals surface area contributed by atoms with Crippen molar-refractivity contribution in [3.8, 4) is 0 Å². The maximum Gasteiger partial charge on any atom is 0.251 e. The van der Waals surface area contributed by atoms with Gasteiger partial charge in [-0.1, -0.05) is 13.3 Å². The van der Waals surface area contributed by atoms with Crippen LogP contribution in [0.15, 0.2) is 21.2 Å². The molecule has 0 aliphatic rings. The van der Waals surface area contributed by atoms with E-state index in [1.807, 2.05) is 6.92 Å². The zero-order chi connectivity index (χ0) is 13.8. The molecule has 0 amide bonds. The third-order valence-electron chi connectivity index (χ3n) is 2.07. The Balaban J connectivity index is 2.29. The molecule has 0 fully saturated rings. The maximum atomic E-state index is 11.5. The molecule has 0 bridgehead atoms. The third-order valence-corrected chi connectivity index (χ3v) is 2.99. The summed E-state index contributed by atoms with van der Waals surface area (Å²) in [5.41, 5.74) is 5.98. The molecule has 0 aliphatic heterocycles. The molecule has 100 valence electrons. The Bertz CT molecular complexity index is 626. The van der Waals surface area contributed by atoms with Crippen molar-refractivity contribution in [1.82, 2.24) is 24.9 Å². The average Bonchev–Trinajstić information content (AvgIpc) is 2.26. The Morgan fingerprint density at radius 1 is 1.37 bits per heavy atom. The SMILES string of the molecule is CCCc1cc(=O)[nH]c(Sc2nc(N)nc(Cl)n2)n1. The van der Waals surface area contributed by atoms with Gasteiger partial charge in [0.2, 0.25) is 16.4 Å². The first-order chi connectivity index (χ1) is 9.06. The zero-order valence-electron chi connectivity index (χ0n) is 10.1. The summed E-state index contributed by atoms with van der Waals surface area (Å²) in [6.45, 7) is 2.02. The Kier molecular flexibility index (Phi) is 4.33. The number of H-pyrrole nitrogens is 1. The summed E-state index contributed by atoms with van der Waals surface area (Å²) in [5, 5.41) is 0.689. The second-order valence-corrected chi connectivity index (χ2v) is 4.93. The van der Waals surface area contributed by atoms with Gasteiger partial charge in [0.1, 0.15) is 0 Å². The Hall–Kier alpha value is -1.67. The molecule has 0 radical (unpaired) electrons. The fourth-order valence-corrected chi connectivity index (χ4v) is 2.37. The molecule has 0 saturated heterocycles. The lowest BCUT2D eigenvalue weighted by molar-refractivity contribution is 0.811. The molecule has 3 N–H and O–H groups in total. The molecule has 0 saturated carbocycles. The molecular weight excluding hydrogens is 288 g/mol. The quantitative estimate of drug-likeness (QED) is 0.818. The molecule has 7 nitrogen and oxygen atoms in total. The lowest BCUT2D eigenvalue weighted by Crippen LogP contribution is -2.10. The topological polar surface area (TPSA) is 110 Å². The minimum Gasteiger partial charge on any atom is -0.368 e. The second-order valence-electron chi connectivity index (χ2n) is 3.64. The van der Waals surface area contributed by atoms with E-state index in [4.69, 9.17) is 17.3 Å². The minimum atomic E-state index is -0.214. The van der Waals surface area contributed by atoms with E-state index in [9.17, 15) is 4.79 Å². The van der Waals surface area contributed by atoms with Gasteiger partial charge in [0.05, 0.1) is 0 Å². The number of nitrogens with one attached hydrogen (secondary N) is 1. The summed E-state index contributed by atoms with van der Waals surface area (Å²) in [4.78, 5) is 29.9. The molecule has 2 rings (SSSR count). The molecule has 2 heterocycles. The van der Waals surface area contributed by atoms with Crippen molar-refractivity contribution in [3.05, 3.63) is 27.4 Å². The predicted molar refractivity (Wildman–Crippen MR) is 72.2 cm³/mol. The van der Waals surface area contributed by atoms with E-state index < -0.39 is 0 Å². The average molecular weight is 299 g/mol. The summed E-state index contributed by atoms with van der Waals surface area (Å²) < 4.78 is 0. The first-order valence-electron chi connectivity index (χ1n) is 5.52. The molecule has 0 aliphatic carbocycles. The van der Waals surface area contributed by atoms with Crippen LogP contribution in [0.5, 0.6) is 0 Å². The molecule has 2 aromatic rings. The summed E-state index contributed by atoms with van der Waals surface area (Å²) in [6.07, 6.45) is 1.64. The standard InChI is InChI=1S/C10H11ClN6OS/c1-2-3-5-4-6(18)14-9(13-5)19-10-16-7(11)15-8(12)17-10/h4H,2-3H2,1H3,(H,13,14,18)(H2,12,15,16,17). The van der Waals surface area contributed by atoms with Crippen LogP contribution in [-0.2, 0) is 6.42 Å². The van der Waals surface area contributed by atoms with Crippen LogP contribution in [0.4, 0.5) is 5.95 Å². The van der Waals surface area contributed by atoms with Crippen molar-refractivity contribution in [1.29, 1.82) is 0 Å². The minimum absolute atomic E-state index is 0.00191. The summed E-state index contributed by atoms with van der Waals surface area (Å²) in [6, 6.07) is 1.47. The fourth-order valence-electron chi connectivity index (χ4n) is 1.39. The first kappa shape index (κ1) is 13.8. The predicted octanol–water partition coefficient (Wildman–Crippen LogP) is 1.29. The van der Waals surface area contributed by atoms with Gasteiger partial charge in [-0.3, -0.25) is 4.79 Å². The number of aryl methyl sites for hydroxylation is 1. The van der Waals surface area contributed by atoms with Gasteiger partial charge in [0.15, 0.2) is 5.16 Å². The number of nitrogen functional groups attached to an aromatic ring is 1.